The lowest BCUT2D eigenvalue weighted by Crippen LogP contribution is -2.16. The molecule has 0 bridgehead atoms. The van der Waals surface area contributed by atoms with Crippen LogP contribution in [0.2, 0.25) is 0 Å². The fraction of sp³-hybridized carbons (Fsp3) is 0.462. The van der Waals surface area contributed by atoms with E-state index < -0.39 is 17.8 Å². The highest BCUT2D eigenvalue weighted by atomic mass is 19.4. The Balaban J connectivity index is 1.58. The minimum absolute atomic E-state index is 0.0850. The second-order valence-corrected chi connectivity index (χ2v) is 9.43. The number of aromatic nitrogens is 2. The normalized spacial score (nSPS) is 17.7. The van der Waals surface area contributed by atoms with Gasteiger partial charge in [0.2, 0.25) is 0 Å². The van der Waals surface area contributed by atoms with E-state index in [1.807, 2.05) is 13.8 Å². The van der Waals surface area contributed by atoms with Gasteiger partial charge in [0.25, 0.3) is 0 Å². The molecule has 1 fully saturated rings. The van der Waals surface area contributed by atoms with Gasteiger partial charge in [-0.1, -0.05) is 0 Å². The molecule has 5 nitrogen and oxygen atoms in total. The Morgan fingerprint density at radius 2 is 1.79 bits per heavy atom. The summed E-state index contributed by atoms with van der Waals surface area (Å²) in [4.78, 5) is 9.46. The molecule has 0 saturated carbocycles. The van der Waals surface area contributed by atoms with Gasteiger partial charge in [-0.05, 0) is 98.4 Å². The summed E-state index contributed by atoms with van der Waals surface area (Å²) in [5, 5.41) is 4.30. The van der Waals surface area contributed by atoms with Gasteiger partial charge in [0, 0.05) is 24.3 Å². The van der Waals surface area contributed by atoms with Crippen molar-refractivity contribution in [3.05, 3.63) is 57.9 Å². The molecule has 3 aromatic rings. The molecule has 2 heterocycles. The molecule has 0 unspecified atom stereocenters. The number of nitrogens with zero attached hydrogens (tertiary/aromatic N) is 2. The summed E-state index contributed by atoms with van der Waals surface area (Å²) in [6.07, 6.45) is 0.681. The molecule has 180 valence electrons. The zero-order valence-corrected chi connectivity index (χ0v) is 19.4. The van der Waals surface area contributed by atoms with Gasteiger partial charge in [-0.25, -0.2) is 9.97 Å². The van der Waals surface area contributed by atoms with Crippen LogP contribution in [0.1, 0.15) is 71.8 Å². The predicted octanol–water partition coefficient (Wildman–Crippen LogP) is 6.10. The number of fused-ring (bicyclic) bond motifs is 3. The van der Waals surface area contributed by atoms with E-state index in [0.717, 1.165) is 68.4 Å². The first-order valence-corrected chi connectivity index (χ1v) is 11.9. The zero-order chi connectivity index (χ0) is 24.0. The number of hydrogen-bond acceptors (Lipinski definition) is 5. The van der Waals surface area contributed by atoms with Crippen molar-refractivity contribution < 1.29 is 17.9 Å². The molecule has 1 aromatic heterocycles. The molecule has 0 spiro atoms. The van der Waals surface area contributed by atoms with Crippen LogP contribution in [-0.2, 0) is 23.8 Å². The standard InChI is InChI=1S/C26H29F3N4O/c1-14(17-10-18(26(27,28)29)12-19(30)11-17)31-25-23-13-22(16-6-8-34-9-7-16)20-4-3-5-21(20)24(23)32-15(2)33-25/h10-14,16H,3-9,30H2,1-2H3,(H,31,32,33)/t14-/m1/s1. The van der Waals surface area contributed by atoms with E-state index in [2.05, 4.69) is 16.4 Å². The average Bonchev–Trinajstić information content (AvgIpc) is 3.28. The molecule has 3 N–H and O–H groups in total. The van der Waals surface area contributed by atoms with Crippen LogP contribution >= 0.6 is 0 Å². The highest BCUT2D eigenvalue weighted by molar-refractivity contribution is 5.93. The number of halogens is 3. The SMILES string of the molecule is Cc1nc(N[C@H](C)c2cc(N)cc(C(F)(F)F)c2)c2cc(C3CCOCC3)c3c(c2n1)CCC3. The maximum atomic E-state index is 13.3. The van der Waals surface area contributed by atoms with Gasteiger partial charge < -0.3 is 15.8 Å². The number of nitrogen functional groups attached to an aromatic ring is 1. The highest BCUT2D eigenvalue weighted by Crippen LogP contribution is 2.41. The van der Waals surface area contributed by atoms with Crippen LogP contribution in [0, 0.1) is 6.92 Å². The number of nitrogens with two attached hydrogens (primary N) is 1. The highest BCUT2D eigenvalue weighted by Gasteiger charge is 2.32. The third kappa shape index (κ3) is 4.31. The van der Waals surface area contributed by atoms with Gasteiger partial charge in [0.15, 0.2) is 0 Å². The van der Waals surface area contributed by atoms with Crippen molar-refractivity contribution in [3.63, 3.8) is 0 Å². The number of aryl methyl sites for hydroxylation is 2. The molecule has 1 atom stereocenters. The van der Waals surface area contributed by atoms with E-state index in [1.54, 1.807) is 6.07 Å². The number of anilines is 2. The van der Waals surface area contributed by atoms with Gasteiger partial charge in [-0.15, -0.1) is 0 Å². The van der Waals surface area contributed by atoms with Crippen molar-refractivity contribution in [3.8, 4) is 0 Å². The fourth-order valence-corrected chi connectivity index (χ4v) is 5.38. The Morgan fingerprint density at radius 1 is 1.06 bits per heavy atom. The number of hydrogen-bond donors (Lipinski definition) is 2. The minimum Gasteiger partial charge on any atom is -0.399 e. The van der Waals surface area contributed by atoms with Gasteiger partial charge >= 0.3 is 6.18 Å². The molecule has 1 aliphatic carbocycles. The Bertz CT molecular complexity index is 1240. The van der Waals surface area contributed by atoms with E-state index in [1.165, 1.54) is 16.7 Å². The van der Waals surface area contributed by atoms with Crippen LogP contribution in [0.4, 0.5) is 24.7 Å². The lowest BCUT2D eigenvalue weighted by atomic mass is 9.85. The lowest BCUT2D eigenvalue weighted by molar-refractivity contribution is -0.137. The van der Waals surface area contributed by atoms with Crippen LogP contribution in [0.15, 0.2) is 24.3 Å². The second kappa shape index (κ2) is 8.73. The number of ether oxygens (including phenoxy) is 1. The van der Waals surface area contributed by atoms with E-state index in [4.69, 9.17) is 15.5 Å². The summed E-state index contributed by atoms with van der Waals surface area (Å²) >= 11 is 0. The van der Waals surface area contributed by atoms with E-state index in [9.17, 15) is 13.2 Å². The van der Waals surface area contributed by atoms with E-state index in [0.29, 0.717) is 23.1 Å². The number of alkyl halides is 3. The van der Waals surface area contributed by atoms with Gasteiger partial charge in [-0.3, -0.25) is 0 Å². The summed E-state index contributed by atoms with van der Waals surface area (Å²) in [6, 6.07) is 5.47. The van der Waals surface area contributed by atoms with Crippen molar-refractivity contribution in [2.75, 3.05) is 24.3 Å². The van der Waals surface area contributed by atoms with Crippen molar-refractivity contribution in [1.29, 1.82) is 0 Å². The summed E-state index contributed by atoms with van der Waals surface area (Å²) in [6.45, 7) is 5.21. The average molecular weight is 471 g/mol. The maximum absolute atomic E-state index is 13.3. The smallest absolute Gasteiger partial charge is 0.399 e. The third-order valence-electron chi connectivity index (χ3n) is 7.03. The molecule has 1 aliphatic heterocycles. The van der Waals surface area contributed by atoms with Crippen LogP contribution in [0.25, 0.3) is 10.9 Å². The maximum Gasteiger partial charge on any atom is 0.416 e. The number of rotatable bonds is 4. The molecular formula is C26H29F3N4O. The Kier molecular flexibility index (Phi) is 5.88. The summed E-state index contributed by atoms with van der Waals surface area (Å²) in [5.74, 6) is 1.73. The van der Waals surface area contributed by atoms with E-state index >= 15 is 0 Å². The quantitative estimate of drug-likeness (QED) is 0.451. The monoisotopic (exact) mass is 470 g/mol. The summed E-state index contributed by atoms with van der Waals surface area (Å²) in [5.41, 5.74) is 10.6. The first-order valence-electron chi connectivity index (χ1n) is 11.9. The number of benzene rings is 2. The summed E-state index contributed by atoms with van der Waals surface area (Å²) < 4.78 is 45.6. The van der Waals surface area contributed by atoms with Gasteiger partial charge in [0.1, 0.15) is 11.6 Å². The Hall–Kier alpha value is -2.87. The van der Waals surface area contributed by atoms with Crippen LogP contribution in [-0.4, -0.2) is 23.2 Å². The molecule has 34 heavy (non-hydrogen) atoms. The molecule has 0 radical (unpaired) electrons. The lowest BCUT2D eigenvalue weighted by Gasteiger charge is -2.26. The zero-order valence-electron chi connectivity index (χ0n) is 19.4. The van der Waals surface area contributed by atoms with Crippen LogP contribution < -0.4 is 11.1 Å². The largest absolute Gasteiger partial charge is 0.416 e. The summed E-state index contributed by atoms with van der Waals surface area (Å²) in [7, 11) is 0. The third-order valence-corrected chi connectivity index (χ3v) is 7.03. The Labute approximate surface area is 196 Å². The Morgan fingerprint density at radius 3 is 2.53 bits per heavy atom. The molecule has 2 aromatic carbocycles. The van der Waals surface area contributed by atoms with Crippen molar-refractivity contribution in [1.82, 2.24) is 9.97 Å². The minimum atomic E-state index is -4.46. The van der Waals surface area contributed by atoms with Gasteiger partial charge in [0.05, 0.1) is 17.1 Å². The fourth-order valence-electron chi connectivity index (χ4n) is 5.38. The predicted molar refractivity (Wildman–Crippen MR) is 127 cm³/mol. The van der Waals surface area contributed by atoms with E-state index in [-0.39, 0.29) is 5.69 Å². The van der Waals surface area contributed by atoms with Crippen molar-refractivity contribution in [2.45, 2.75) is 64.1 Å². The first-order chi connectivity index (χ1) is 16.2. The van der Waals surface area contributed by atoms with Crippen LogP contribution in [0.5, 0.6) is 0 Å². The topological polar surface area (TPSA) is 73.1 Å². The molecule has 0 amide bonds. The van der Waals surface area contributed by atoms with Crippen LogP contribution in [0.3, 0.4) is 0 Å². The first kappa shape index (κ1) is 22.9. The molecular weight excluding hydrogens is 441 g/mol. The van der Waals surface area contributed by atoms with Crippen molar-refractivity contribution in [2.24, 2.45) is 0 Å². The number of nitrogens with one attached hydrogen (secondary N) is 1. The molecule has 1 saturated heterocycles. The van der Waals surface area contributed by atoms with Crippen molar-refractivity contribution >= 4 is 22.4 Å². The molecule has 8 heteroatoms. The molecule has 5 rings (SSSR count). The second-order valence-electron chi connectivity index (χ2n) is 9.43. The van der Waals surface area contributed by atoms with Gasteiger partial charge in [-0.2, -0.15) is 13.2 Å². The molecule has 2 aliphatic rings.